The summed E-state index contributed by atoms with van der Waals surface area (Å²) in [7, 11) is 0. The van der Waals surface area contributed by atoms with Gasteiger partial charge in [0, 0.05) is 23.9 Å². The van der Waals surface area contributed by atoms with Gasteiger partial charge in [0.1, 0.15) is 0 Å². The van der Waals surface area contributed by atoms with Crippen molar-refractivity contribution in [2.75, 3.05) is 0 Å². The number of nitrogens with zero attached hydrogens (tertiary/aromatic N) is 3. The minimum absolute atomic E-state index is 0.123. The van der Waals surface area contributed by atoms with Gasteiger partial charge in [-0.15, -0.1) is 0 Å². The van der Waals surface area contributed by atoms with Crippen LogP contribution in [0, 0.1) is 17.0 Å². The fourth-order valence-corrected chi connectivity index (χ4v) is 1.79. The molecule has 0 aliphatic carbocycles. The van der Waals surface area contributed by atoms with Gasteiger partial charge in [0.15, 0.2) is 5.69 Å². The number of aromatic carboxylic acids is 1. The average molecular weight is 282 g/mol. The van der Waals surface area contributed by atoms with Crippen LogP contribution in [0.3, 0.4) is 0 Å². The molecule has 19 heavy (non-hydrogen) atoms. The third-order valence-corrected chi connectivity index (χ3v) is 2.81. The number of rotatable bonds is 3. The zero-order valence-corrected chi connectivity index (χ0v) is 10.5. The van der Waals surface area contributed by atoms with Gasteiger partial charge in [-0.3, -0.25) is 10.1 Å². The molecule has 0 fully saturated rings. The molecule has 0 unspecified atom stereocenters. The van der Waals surface area contributed by atoms with Crippen molar-refractivity contribution in [3.63, 3.8) is 0 Å². The van der Waals surface area contributed by atoms with Crippen molar-refractivity contribution in [3.8, 4) is 5.69 Å². The first-order valence-corrected chi connectivity index (χ1v) is 5.52. The molecule has 1 aromatic heterocycles. The highest BCUT2D eigenvalue weighted by molar-refractivity contribution is 6.32. The minimum Gasteiger partial charge on any atom is -0.476 e. The van der Waals surface area contributed by atoms with Crippen molar-refractivity contribution in [2.24, 2.45) is 0 Å². The monoisotopic (exact) mass is 281 g/mol. The van der Waals surface area contributed by atoms with E-state index in [0.717, 1.165) is 0 Å². The van der Waals surface area contributed by atoms with Crippen LogP contribution >= 0.6 is 11.6 Å². The molecule has 0 aliphatic rings. The number of nitro groups is 1. The zero-order chi connectivity index (χ0) is 14.2. The van der Waals surface area contributed by atoms with E-state index in [2.05, 4.69) is 5.10 Å². The number of halogens is 1. The van der Waals surface area contributed by atoms with Gasteiger partial charge in [0.2, 0.25) is 0 Å². The Morgan fingerprint density at radius 1 is 1.53 bits per heavy atom. The first-order valence-electron chi connectivity index (χ1n) is 5.14. The molecule has 2 rings (SSSR count). The number of non-ortho nitro benzene ring substituents is 1. The van der Waals surface area contributed by atoms with Crippen LogP contribution in [-0.4, -0.2) is 25.8 Å². The second-order valence-corrected chi connectivity index (χ2v) is 4.21. The summed E-state index contributed by atoms with van der Waals surface area (Å²) < 4.78 is 1.22. The van der Waals surface area contributed by atoms with E-state index in [1.807, 2.05) is 0 Å². The van der Waals surface area contributed by atoms with Crippen LogP contribution in [0.5, 0.6) is 0 Å². The van der Waals surface area contributed by atoms with Gasteiger partial charge >= 0.3 is 5.97 Å². The Hall–Kier alpha value is -2.41. The summed E-state index contributed by atoms with van der Waals surface area (Å²) in [6.07, 6.45) is 1.45. The highest BCUT2D eigenvalue weighted by atomic mass is 35.5. The van der Waals surface area contributed by atoms with E-state index in [-0.39, 0.29) is 22.1 Å². The topological polar surface area (TPSA) is 98.3 Å². The SMILES string of the molecule is Cc1cn(-c2cc([N+](=O)[O-])ccc2Cl)nc1C(=O)O. The molecule has 8 heteroatoms. The molecule has 98 valence electrons. The van der Waals surface area contributed by atoms with Crippen molar-refractivity contribution in [3.05, 3.63) is 50.8 Å². The summed E-state index contributed by atoms with van der Waals surface area (Å²) in [6, 6.07) is 3.87. The first-order chi connectivity index (χ1) is 8.90. The summed E-state index contributed by atoms with van der Waals surface area (Å²) >= 11 is 5.95. The number of hydrogen-bond donors (Lipinski definition) is 1. The van der Waals surface area contributed by atoms with Crippen LogP contribution in [-0.2, 0) is 0 Å². The second kappa shape index (κ2) is 4.69. The summed E-state index contributed by atoms with van der Waals surface area (Å²) in [6.45, 7) is 1.58. The number of hydrogen-bond acceptors (Lipinski definition) is 4. The molecule has 0 amide bonds. The summed E-state index contributed by atoms with van der Waals surface area (Å²) in [5.41, 5.74) is 0.425. The van der Waals surface area contributed by atoms with E-state index >= 15 is 0 Å². The Kier molecular flexibility index (Phi) is 3.22. The number of carbonyl (C=O) groups is 1. The van der Waals surface area contributed by atoms with E-state index in [9.17, 15) is 14.9 Å². The molecular weight excluding hydrogens is 274 g/mol. The predicted molar refractivity (Wildman–Crippen MR) is 66.9 cm³/mol. The van der Waals surface area contributed by atoms with Gasteiger partial charge in [-0.25, -0.2) is 9.48 Å². The molecule has 1 aromatic carbocycles. The van der Waals surface area contributed by atoms with E-state index in [1.165, 1.54) is 29.1 Å². The largest absolute Gasteiger partial charge is 0.476 e. The van der Waals surface area contributed by atoms with Crippen LogP contribution in [0.15, 0.2) is 24.4 Å². The van der Waals surface area contributed by atoms with E-state index in [4.69, 9.17) is 16.7 Å². The molecule has 2 aromatic rings. The Morgan fingerprint density at radius 2 is 2.21 bits per heavy atom. The molecule has 0 bridgehead atoms. The minimum atomic E-state index is -1.17. The lowest BCUT2D eigenvalue weighted by molar-refractivity contribution is -0.384. The number of aryl methyl sites for hydroxylation is 1. The Bertz CT molecular complexity index is 681. The maximum absolute atomic E-state index is 10.9. The number of benzene rings is 1. The zero-order valence-electron chi connectivity index (χ0n) is 9.70. The van der Waals surface area contributed by atoms with Crippen LogP contribution in [0.2, 0.25) is 5.02 Å². The van der Waals surface area contributed by atoms with E-state index in [1.54, 1.807) is 6.92 Å². The highest BCUT2D eigenvalue weighted by Crippen LogP contribution is 2.25. The van der Waals surface area contributed by atoms with Crippen LogP contribution in [0.4, 0.5) is 5.69 Å². The van der Waals surface area contributed by atoms with Crippen LogP contribution < -0.4 is 0 Å². The van der Waals surface area contributed by atoms with E-state index < -0.39 is 10.9 Å². The van der Waals surface area contributed by atoms with Crippen molar-refractivity contribution >= 4 is 23.3 Å². The Labute approximate surface area is 112 Å². The molecule has 0 aliphatic heterocycles. The van der Waals surface area contributed by atoms with E-state index in [0.29, 0.717) is 5.56 Å². The highest BCUT2D eigenvalue weighted by Gasteiger charge is 2.16. The van der Waals surface area contributed by atoms with Gasteiger partial charge in [-0.2, -0.15) is 5.10 Å². The molecular formula is C11H8ClN3O4. The van der Waals surface area contributed by atoms with Crippen molar-refractivity contribution in [1.82, 2.24) is 9.78 Å². The molecule has 0 saturated carbocycles. The maximum atomic E-state index is 10.9. The molecule has 0 spiro atoms. The summed E-state index contributed by atoms with van der Waals surface area (Å²) in [5, 5.41) is 23.7. The quantitative estimate of drug-likeness (QED) is 0.688. The van der Waals surface area contributed by atoms with Crippen LogP contribution in [0.1, 0.15) is 16.1 Å². The van der Waals surface area contributed by atoms with Gasteiger partial charge < -0.3 is 5.11 Å². The summed E-state index contributed by atoms with van der Waals surface area (Å²) in [4.78, 5) is 21.1. The maximum Gasteiger partial charge on any atom is 0.356 e. The molecule has 1 N–H and O–H groups in total. The Morgan fingerprint density at radius 3 is 2.74 bits per heavy atom. The second-order valence-electron chi connectivity index (χ2n) is 3.80. The standard InChI is InChI=1S/C11H8ClN3O4/c1-6-5-14(13-10(6)11(16)17)9-4-7(15(18)19)2-3-8(9)12/h2-5H,1H3,(H,16,17). The lowest BCUT2D eigenvalue weighted by Gasteiger charge is -2.03. The first kappa shape index (κ1) is 13.0. The predicted octanol–water partition coefficient (Wildman–Crippen LogP) is 2.44. The average Bonchev–Trinajstić information content (AvgIpc) is 2.71. The van der Waals surface area contributed by atoms with Gasteiger partial charge in [0.25, 0.3) is 5.69 Å². The van der Waals surface area contributed by atoms with Crippen molar-refractivity contribution in [1.29, 1.82) is 0 Å². The Balaban J connectivity index is 2.58. The number of carboxylic acids is 1. The normalized spacial score (nSPS) is 10.4. The number of nitro benzene ring substituents is 1. The molecule has 1 heterocycles. The van der Waals surface area contributed by atoms with Gasteiger partial charge in [0.05, 0.1) is 15.6 Å². The smallest absolute Gasteiger partial charge is 0.356 e. The summed E-state index contributed by atoms with van der Waals surface area (Å²) in [5.74, 6) is -1.17. The fraction of sp³-hybridized carbons (Fsp3) is 0.0909. The lowest BCUT2D eigenvalue weighted by Crippen LogP contribution is -2.02. The third-order valence-electron chi connectivity index (χ3n) is 2.49. The van der Waals surface area contributed by atoms with Gasteiger partial charge in [-0.05, 0) is 13.0 Å². The molecule has 0 atom stereocenters. The van der Waals surface area contributed by atoms with Gasteiger partial charge in [-0.1, -0.05) is 11.6 Å². The number of aromatic nitrogens is 2. The fourth-order valence-electron chi connectivity index (χ4n) is 1.59. The van der Waals surface area contributed by atoms with Crippen LogP contribution in [0.25, 0.3) is 5.69 Å². The van der Waals surface area contributed by atoms with Crippen molar-refractivity contribution < 1.29 is 14.8 Å². The molecule has 0 radical (unpaired) electrons. The third kappa shape index (κ3) is 2.41. The lowest BCUT2D eigenvalue weighted by atomic mass is 10.2. The number of carboxylic acid groups (broad SMARTS) is 1. The molecule has 7 nitrogen and oxygen atoms in total. The molecule has 0 saturated heterocycles. The van der Waals surface area contributed by atoms with Crippen molar-refractivity contribution in [2.45, 2.75) is 6.92 Å².